The van der Waals surface area contributed by atoms with E-state index in [2.05, 4.69) is 10.6 Å². The molecule has 0 radical (unpaired) electrons. The molecule has 4 rings (SSSR count). The number of ether oxygens (including phenoxy) is 1. The van der Waals surface area contributed by atoms with Gasteiger partial charge in [-0.05, 0) is 58.8 Å². The molecule has 0 aromatic rings. The van der Waals surface area contributed by atoms with Gasteiger partial charge in [-0.3, -0.25) is 0 Å². The number of hydrogen-bond acceptors (Lipinski definition) is 3. The number of carbonyl (C=O) groups excluding carboxylic acids is 1. The topological polar surface area (TPSA) is 50.4 Å². The highest BCUT2D eigenvalue weighted by Crippen LogP contribution is 2.47. The van der Waals surface area contributed by atoms with Crippen LogP contribution in [0, 0.1) is 5.92 Å². The van der Waals surface area contributed by atoms with Crippen LogP contribution < -0.4 is 10.6 Å². The van der Waals surface area contributed by atoms with E-state index in [0.29, 0.717) is 12.1 Å². The maximum Gasteiger partial charge on any atom is 0.408 e. The summed E-state index contributed by atoms with van der Waals surface area (Å²) < 4.78 is 5.41. The van der Waals surface area contributed by atoms with Gasteiger partial charge in [-0.1, -0.05) is 0 Å². The fourth-order valence-corrected chi connectivity index (χ4v) is 4.24. The quantitative estimate of drug-likeness (QED) is 0.752. The van der Waals surface area contributed by atoms with Crippen LogP contribution in [-0.4, -0.2) is 29.3 Å². The van der Waals surface area contributed by atoms with E-state index in [0.717, 1.165) is 25.2 Å². The Morgan fingerprint density at radius 3 is 2.33 bits per heavy atom. The molecule has 4 nitrogen and oxygen atoms in total. The van der Waals surface area contributed by atoms with Gasteiger partial charge in [0.25, 0.3) is 0 Å². The first kappa shape index (κ1) is 12.3. The highest BCUT2D eigenvalue weighted by Gasteiger charge is 2.51. The first-order valence-corrected chi connectivity index (χ1v) is 7.11. The molecule has 1 amide bonds. The second-order valence-electron chi connectivity index (χ2n) is 7.42. The summed E-state index contributed by atoms with van der Waals surface area (Å²) in [5.74, 6) is 0.790. The summed E-state index contributed by atoms with van der Waals surface area (Å²) in [5.41, 5.74) is -0.408. The van der Waals surface area contributed by atoms with Crippen LogP contribution in [0.5, 0.6) is 0 Å². The van der Waals surface area contributed by atoms with Crippen molar-refractivity contribution in [2.24, 2.45) is 5.92 Å². The average molecular weight is 252 g/mol. The lowest BCUT2D eigenvalue weighted by Gasteiger charge is -2.57. The number of alkyl carbamates (subject to hydrolysis) is 1. The third-order valence-corrected chi connectivity index (χ3v) is 4.43. The van der Waals surface area contributed by atoms with E-state index in [4.69, 9.17) is 4.74 Å². The Hall–Kier alpha value is -0.770. The lowest BCUT2D eigenvalue weighted by molar-refractivity contribution is -0.000408. The Morgan fingerprint density at radius 2 is 1.83 bits per heavy atom. The molecule has 2 heterocycles. The van der Waals surface area contributed by atoms with Gasteiger partial charge in [0.15, 0.2) is 0 Å². The van der Waals surface area contributed by atoms with Gasteiger partial charge in [0.2, 0.25) is 0 Å². The van der Waals surface area contributed by atoms with Crippen LogP contribution in [0.3, 0.4) is 0 Å². The molecule has 4 aliphatic rings. The highest BCUT2D eigenvalue weighted by molar-refractivity contribution is 5.69. The van der Waals surface area contributed by atoms with E-state index in [9.17, 15) is 4.79 Å². The van der Waals surface area contributed by atoms with Gasteiger partial charge in [-0.25, -0.2) is 4.79 Å². The van der Waals surface area contributed by atoms with Gasteiger partial charge < -0.3 is 15.4 Å². The van der Waals surface area contributed by atoms with Crippen molar-refractivity contribution >= 4 is 6.09 Å². The number of rotatable bonds is 1. The monoisotopic (exact) mass is 252 g/mol. The lowest BCUT2D eigenvalue weighted by atomic mass is 9.60. The van der Waals surface area contributed by atoms with Crippen LogP contribution in [0.25, 0.3) is 0 Å². The van der Waals surface area contributed by atoms with Gasteiger partial charge in [0, 0.05) is 17.6 Å². The Bertz CT molecular complexity index is 324. The van der Waals surface area contributed by atoms with Crippen molar-refractivity contribution in [3.05, 3.63) is 0 Å². The predicted molar refractivity (Wildman–Crippen MR) is 69.4 cm³/mol. The molecule has 2 aliphatic heterocycles. The summed E-state index contributed by atoms with van der Waals surface area (Å²) >= 11 is 0. The molecule has 0 aromatic carbocycles. The number of carbonyl (C=O) groups is 1. The minimum absolute atomic E-state index is 0.00405. The molecule has 2 atom stereocenters. The number of nitrogens with one attached hydrogen (secondary N) is 2. The second kappa shape index (κ2) is 3.86. The lowest BCUT2D eigenvalue weighted by Crippen LogP contribution is -2.68. The van der Waals surface area contributed by atoms with Crippen LogP contribution in [0.2, 0.25) is 0 Å². The van der Waals surface area contributed by atoms with Crippen LogP contribution in [-0.2, 0) is 4.74 Å². The standard InChI is InChI=1S/C14H24N2O2/c1-13(2,3)18-12(17)16-14-6-9-4-10(7-14)15-11(5-9)8-14/h9-11,15H,4-8H2,1-3H3,(H,16,17). The van der Waals surface area contributed by atoms with Crippen molar-refractivity contribution in [2.45, 2.75) is 76.1 Å². The van der Waals surface area contributed by atoms with E-state index < -0.39 is 5.60 Å². The van der Waals surface area contributed by atoms with Crippen molar-refractivity contribution in [3.63, 3.8) is 0 Å². The molecule has 0 spiro atoms. The number of piperidine rings is 2. The van der Waals surface area contributed by atoms with E-state index in [1.807, 2.05) is 20.8 Å². The number of amides is 1. The molecule has 4 heteroatoms. The van der Waals surface area contributed by atoms with Crippen LogP contribution in [0.4, 0.5) is 4.79 Å². The molecular formula is C14H24N2O2. The average Bonchev–Trinajstić information content (AvgIpc) is 2.09. The van der Waals surface area contributed by atoms with Crippen LogP contribution in [0.15, 0.2) is 0 Å². The molecule has 0 aromatic heterocycles. The molecule has 2 aliphatic carbocycles. The zero-order valence-corrected chi connectivity index (χ0v) is 11.6. The van der Waals surface area contributed by atoms with E-state index >= 15 is 0 Å². The normalized spacial score (nSPS) is 41.8. The third kappa shape index (κ3) is 2.35. The van der Waals surface area contributed by atoms with Gasteiger partial charge in [-0.2, -0.15) is 0 Å². The van der Waals surface area contributed by atoms with Crippen molar-refractivity contribution in [1.82, 2.24) is 10.6 Å². The molecule has 2 N–H and O–H groups in total. The third-order valence-electron chi connectivity index (χ3n) is 4.43. The fraction of sp³-hybridized carbons (Fsp3) is 0.929. The Kier molecular flexibility index (Phi) is 2.63. The van der Waals surface area contributed by atoms with Crippen molar-refractivity contribution in [1.29, 1.82) is 0 Å². The van der Waals surface area contributed by atoms with Crippen molar-refractivity contribution in [2.75, 3.05) is 0 Å². The second-order valence-corrected chi connectivity index (χ2v) is 7.42. The van der Waals surface area contributed by atoms with Crippen LogP contribution in [0.1, 0.15) is 52.9 Å². The maximum atomic E-state index is 12.0. The summed E-state index contributed by atoms with van der Waals surface area (Å²) in [6, 6.07) is 1.21. The molecule has 102 valence electrons. The van der Waals surface area contributed by atoms with Gasteiger partial charge in [0.1, 0.15) is 5.60 Å². The summed E-state index contributed by atoms with van der Waals surface area (Å²) in [6.07, 6.45) is 5.60. The van der Waals surface area contributed by atoms with Gasteiger partial charge in [0.05, 0.1) is 0 Å². The molecule has 18 heavy (non-hydrogen) atoms. The molecule has 4 bridgehead atoms. The Morgan fingerprint density at radius 1 is 1.22 bits per heavy atom. The fourth-order valence-electron chi connectivity index (χ4n) is 4.24. The van der Waals surface area contributed by atoms with Crippen molar-refractivity contribution < 1.29 is 9.53 Å². The first-order valence-electron chi connectivity index (χ1n) is 7.11. The Labute approximate surface area is 109 Å². The van der Waals surface area contributed by atoms with E-state index in [1.165, 1.54) is 12.8 Å². The summed E-state index contributed by atoms with van der Waals surface area (Å²) in [4.78, 5) is 12.0. The first-order chi connectivity index (χ1) is 8.34. The van der Waals surface area contributed by atoms with E-state index in [1.54, 1.807) is 0 Å². The van der Waals surface area contributed by atoms with E-state index in [-0.39, 0.29) is 11.6 Å². The SMILES string of the molecule is CC(C)(C)OC(=O)NC12CC3CC(C1)NC(C3)C2. The zero-order chi connectivity index (χ0) is 13.0. The smallest absolute Gasteiger partial charge is 0.408 e. The minimum atomic E-state index is -0.412. The Balaban J connectivity index is 1.67. The zero-order valence-electron chi connectivity index (χ0n) is 11.6. The van der Waals surface area contributed by atoms with Crippen LogP contribution >= 0.6 is 0 Å². The largest absolute Gasteiger partial charge is 0.444 e. The van der Waals surface area contributed by atoms with Gasteiger partial charge >= 0.3 is 6.09 Å². The number of hydrogen-bond donors (Lipinski definition) is 2. The molecule has 2 saturated heterocycles. The minimum Gasteiger partial charge on any atom is -0.444 e. The molecule has 2 saturated carbocycles. The molecule has 4 fully saturated rings. The molecular weight excluding hydrogens is 228 g/mol. The summed E-state index contributed by atoms with van der Waals surface area (Å²) in [7, 11) is 0. The highest BCUT2D eigenvalue weighted by atomic mass is 16.6. The molecule has 2 unspecified atom stereocenters. The van der Waals surface area contributed by atoms with Gasteiger partial charge in [-0.15, -0.1) is 0 Å². The van der Waals surface area contributed by atoms with Crippen molar-refractivity contribution in [3.8, 4) is 0 Å². The predicted octanol–water partition coefficient (Wildman–Crippen LogP) is 2.18. The summed E-state index contributed by atoms with van der Waals surface area (Å²) in [5, 5.41) is 6.85. The summed E-state index contributed by atoms with van der Waals surface area (Å²) in [6.45, 7) is 5.73. The maximum absolute atomic E-state index is 12.0.